The van der Waals surface area contributed by atoms with E-state index in [2.05, 4.69) is 21.2 Å². The van der Waals surface area contributed by atoms with Crippen molar-refractivity contribution < 1.29 is 19.2 Å². The summed E-state index contributed by atoms with van der Waals surface area (Å²) in [6, 6.07) is 16.2. The van der Waals surface area contributed by atoms with E-state index in [1.54, 1.807) is 25.1 Å². The van der Waals surface area contributed by atoms with Gasteiger partial charge in [0.25, 0.3) is 11.6 Å². The second-order valence-electron chi connectivity index (χ2n) is 7.19. The topological polar surface area (TPSA) is 114 Å². The third-order valence-corrected chi connectivity index (χ3v) is 5.94. The zero-order valence-electron chi connectivity index (χ0n) is 18.8. The van der Waals surface area contributed by atoms with E-state index in [0.717, 1.165) is 11.6 Å². The average Bonchev–Trinajstić information content (AvgIpc) is 2.84. The third kappa shape index (κ3) is 6.76. The molecule has 3 rings (SSSR count). The number of hydrogen-bond acceptors (Lipinski definition) is 6. The van der Waals surface area contributed by atoms with Crippen molar-refractivity contribution in [3.63, 3.8) is 0 Å². The van der Waals surface area contributed by atoms with Crippen molar-refractivity contribution in [3.8, 4) is 17.6 Å². The van der Waals surface area contributed by atoms with Crippen LogP contribution in [-0.4, -0.2) is 17.4 Å². The van der Waals surface area contributed by atoms with Gasteiger partial charge in [0, 0.05) is 21.7 Å². The normalized spacial score (nSPS) is 10.9. The van der Waals surface area contributed by atoms with Gasteiger partial charge in [-0.1, -0.05) is 41.4 Å². The molecule has 1 N–H and O–H groups in total. The summed E-state index contributed by atoms with van der Waals surface area (Å²) in [5, 5.41) is 24.0. The first-order valence-corrected chi connectivity index (χ1v) is 12.0. The van der Waals surface area contributed by atoms with Crippen molar-refractivity contribution in [1.29, 1.82) is 5.26 Å². The van der Waals surface area contributed by atoms with Gasteiger partial charge in [0.2, 0.25) is 0 Å². The zero-order chi connectivity index (χ0) is 26.2. The fourth-order valence-electron chi connectivity index (χ4n) is 3.11. The van der Waals surface area contributed by atoms with Gasteiger partial charge in [-0.05, 0) is 64.8 Å². The largest absolute Gasteiger partial charge is 0.490 e. The minimum atomic E-state index is -0.823. The molecule has 3 aromatic rings. The number of nitriles is 1. The Bertz CT molecular complexity index is 1390. The van der Waals surface area contributed by atoms with E-state index in [1.807, 2.05) is 24.3 Å². The zero-order valence-corrected chi connectivity index (χ0v) is 21.9. The highest BCUT2D eigenvalue weighted by Gasteiger charge is 2.19. The Hall–Kier alpha value is -3.58. The summed E-state index contributed by atoms with van der Waals surface area (Å²) in [5.74, 6) is -0.0130. The van der Waals surface area contributed by atoms with Crippen LogP contribution in [0.15, 0.2) is 64.6 Å². The number of nitrogens with zero attached hydrogens (tertiary/aromatic N) is 2. The van der Waals surface area contributed by atoms with Crippen LogP contribution >= 0.6 is 39.1 Å². The first-order chi connectivity index (χ1) is 17.2. The highest BCUT2D eigenvalue weighted by molar-refractivity contribution is 9.10. The lowest BCUT2D eigenvalue weighted by atomic mass is 10.1. The van der Waals surface area contributed by atoms with Crippen LogP contribution < -0.4 is 14.8 Å². The average molecular weight is 591 g/mol. The predicted octanol–water partition coefficient (Wildman–Crippen LogP) is 7.19. The molecule has 0 heterocycles. The molecular weight excluding hydrogens is 573 g/mol. The van der Waals surface area contributed by atoms with E-state index in [-0.39, 0.29) is 22.9 Å². The Morgan fingerprint density at radius 3 is 2.61 bits per heavy atom. The fraction of sp³-hybridized carbons (Fsp3) is 0.120. The number of nitro benzene ring substituents is 1. The molecule has 0 aliphatic heterocycles. The number of carbonyl (C=O) groups excluding carboxylic acids is 1. The first kappa shape index (κ1) is 27.0. The van der Waals surface area contributed by atoms with Crippen molar-refractivity contribution in [3.05, 3.63) is 95.9 Å². The maximum Gasteiger partial charge on any atom is 0.294 e. The molecule has 184 valence electrons. The van der Waals surface area contributed by atoms with Crippen LogP contribution in [0.25, 0.3) is 6.08 Å². The lowest BCUT2D eigenvalue weighted by molar-refractivity contribution is -0.383. The van der Waals surface area contributed by atoms with Crippen LogP contribution in [0.5, 0.6) is 11.5 Å². The Kier molecular flexibility index (Phi) is 9.31. The van der Waals surface area contributed by atoms with E-state index in [1.165, 1.54) is 18.2 Å². The molecule has 0 radical (unpaired) electrons. The SMILES string of the molecule is CCOc1cc(/C=C(/C#N)C(=O)Nc2ccc(Cl)cc2[N+](=O)[O-])cc(Br)c1OCc1ccccc1Cl. The Morgan fingerprint density at radius 2 is 1.94 bits per heavy atom. The number of ether oxygens (including phenoxy) is 2. The lowest BCUT2D eigenvalue weighted by Gasteiger charge is -2.15. The smallest absolute Gasteiger partial charge is 0.294 e. The van der Waals surface area contributed by atoms with Crippen LogP contribution in [0.3, 0.4) is 0 Å². The molecule has 36 heavy (non-hydrogen) atoms. The molecular formula is C25H18BrCl2N3O5. The summed E-state index contributed by atoms with van der Waals surface area (Å²) in [4.78, 5) is 23.3. The number of nitro groups is 1. The van der Waals surface area contributed by atoms with Gasteiger partial charge in [0.05, 0.1) is 16.0 Å². The molecule has 0 fully saturated rings. The van der Waals surface area contributed by atoms with Crippen LogP contribution in [0, 0.1) is 21.4 Å². The summed E-state index contributed by atoms with van der Waals surface area (Å²) in [7, 11) is 0. The Balaban J connectivity index is 1.89. The Labute approximate surface area is 225 Å². The van der Waals surface area contributed by atoms with Crippen LogP contribution in [-0.2, 0) is 11.4 Å². The van der Waals surface area contributed by atoms with Gasteiger partial charge in [0.15, 0.2) is 11.5 Å². The van der Waals surface area contributed by atoms with E-state index in [4.69, 9.17) is 32.7 Å². The monoisotopic (exact) mass is 589 g/mol. The van der Waals surface area contributed by atoms with Crippen molar-refractivity contribution >= 4 is 62.5 Å². The van der Waals surface area contributed by atoms with Gasteiger partial charge in [0.1, 0.15) is 23.9 Å². The number of amides is 1. The van der Waals surface area contributed by atoms with Crippen molar-refractivity contribution in [2.45, 2.75) is 13.5 Å². The standard InChI is InChI=1S/C25H18BrCl2N3O5/c1-2-35-23-11-15(10-19(26)24(23)36-14-16-5-3-4-6-20(16)28)9-17(13-29)25(32)30-21-8-7-18(27)12-22(21)31(33)34/h3-12H,2,14H2,1H3,(H,30,32)/b17-9-. The molecule has 0 aliphatic carbocycles. The van der Waals surface area contributed by atoms with E-state index >= 15 is 0 Å². The molecule has 0 bridgehead atoms. The number of benzene rings is 3. The molecule has 0 spiro atoms. The molecule has 0 aliphatic rings. The summed E-state index contributed by atoms with van der Waals surface area (Å²) in [6.45, 7) is 2.34. The van der Waals surface area contributed by atoms with Crippen molar-refractivity contribution in [2.24, 2.45) is 0 Å². The maximum absolute atomic E-state index is 12.7. The highest BCUT2D eigenvalue weighted by atomic mass is 79.9. The van der Waals surface area contributed by atoms with Crippen LogP contribution in [0.4, 0.5) is 11.4 Å². The van der Waals surface area contributed by atoms with Gasteiger partial charge < -0.3 is 14.8 Å². The molecule has 0 aromatic heterocycles. The Morgan fingerprint density at radius 1 is 1.19 bits per heavy atom. The predicted molar refractivity (Wildman–Crippen MR) is 141 cm³/mol. The molecule has 0 unspecified atom stereocenters. The number of rotatable bonds is 9. The first-order valence-electron chi connectivity index (χ1n) is 10.4. The number of carbonyl (C=O) groups is 1. The molecule has 1 amide bonds. The maximum atomic E-state index is 12.7. The minimum absolute atomic E-state index is 0.0879. The molecule has 11 heteroatoms. The quantitative estimate of drug-likeness (QED) is 0.122. The van der Waals surface area contributed by atoms with Gasteiger partial charge in [-0.15, -0.1) is 0 Å². The number of nitrogens with one attached hydrogen (secondary N) is 1. The molecule has 8 nitrogen and oxygen atoms in total. The van der Waals surface area contributed by atoms with E-state index < -0.39 is 16.5 Å². The summed E-state index contributed by atoms with van der Waals surface area (Å²) in [6.07, 6.45) is 1.34. The minimum Gasteiger partial charge on any atom is -0.490 e. The summed E-state index contributed by atoms with van der Waals surface area (Å²) >= 11 is 15.5. The molecule has 3 aromatic carbocycles. The van der Waals surface area contributed by atoms with Gasteiger partial charge >= 0.3 is 0 Å². The van der Waals surface area contributed by atoms with Gasteiger partial charge in [-0.3, -0.25) is 14.9 Å². The fourth-order valence-corrected chi connectivity index (χ4v) is 4.04. The van der Waals surface area contributed by atoms with Gasteiger partial charge in [-0.2, -0.15) is 5.26 Å². The number of anilines is 1. The highest BCUT2D eigenvalue weighted by Crippen LogP contribution is 2.38. The van der Waals surface area contributed by atoms with E-state index in [9.17, 15) is 20.2 Å². The number of hydrogen-bond donors (Lipinski definition) is 1. The van der Waals surface area contributed by atoms with Crippen molar-refractivity contribution in [2.75, 3.05) is 11.9 Å². The number of halogens is 3. The lowest BCUT2D eigenvalue weighted by Crippen LogP contribution is -2.14. The van der Waals surface area contributed by atoms with Crippen LogP contribution in [0.1, 0.15) is 18.1 Å². The molecule has 0 saturated heterocycles. The molecule has 0 saturated carbocycles. The van der Waals surface area contributed by atoms with Crippen molar-refractivity contribution in [1.82, 2.24) is 0 Å². The molecule has 0 atom stereocenters. The second kappa shape index (κ2) is 12.4. The summed E-state index contributed by atoms with van der Waals surface area (Å²) < 4.78 is 12.2. The van der Waals surface area contributed by atoms with Gasteiger partial charge in [-0.25, -0.2) is 0 Å². The third-order valence-electron chi connectivity index (χ3n) is 4.74. The summed E-state index contributed by atoms with van der Waals surface area (Å²) in [5.41, 5.74) is 0.493. The van der Waals surface area contributed by atoms with Crippen LogP contribution in [0.2, 0.25) is 10.0 Å². The van der Waals surface area contributed by atoms with E-state index in [0.29, 0.717) is 33.2 Å². The second-order valence-corrected chi connectivity index (χ2v) is 8.88.